The number of benzene rings is 2. The lowest BCUT2D eigenvalue weighted by molar-refractivity contribution is 0.0600. The molecule has 2 aromatic rings. The molecule has 0 saturated carbocycles. The van der Waals surface area contributed by atoms with Gasteiger partial charge in [0.15, 0.2) is 0 Å². The first kappa shape index (κ1) is 18.8. The van der Waals surface area contributed by atoms with Crippen molar-refractivity contribution in [2.75, 3.05) is 27.2 Å². The second kappa shape index (κ2) is 8.14. The second-order valence-corrected chi connectivity index (χ2v) is 6.53. The van der Waals surface area contributed by atoms with Gasteiger partial charge in [0.1, 0.15) is 5.82 Å². The van der Waals surface area contributed by atoms with E-state index in [1.165, 1.54) is 13.2 Å². The molecule has 0 atom stereocenters. The van der Waals surface area contributed by atoms with Gasteiger partial charge in [0.05, 0.1) is 24.1 Å². The summed E-state index contributed by atoms with van der Waals surface area (Å²) in [6.07, 6.45) is 0. The maximum atomic E-state index is 14.4. The SMILES string of the molecule is COC(=O)c1cccc(CN/C(=C2/CN(C)CC2=N)c2ccccc2F)c1. The third-order valence-corrected chi connectivity index (χ3v) is 4.48. The molecule has 0 aliphatic carbocycles. The molecular formula is C21H22FN3O2. The number of esters is 1. The number of ether oxygens (including phenoxy) is 1. The average Bonchev–Trinajstić information content (AvgIpc) is 3.01. The Morgan fingerprint density at radius 2 is 2.00 bits per heavy atom. The number of hydrogen-bond donors (Lipinski definition) is 2. The number of hydrogen-bond acceptors (Lipinski definition) is 5. The third-order valence-electron chi connectivity index (χ3n) is 4.48. The van der Waals surface area contributed by atoms with E-state index in [1.807, 2.05) is 18.0 Å². The predicted octanol–water partition coefficient (Wildman–Crippen LogP) is 3.08. The van der Waals surface area contributed by atoms with Gasteiger partial charge in [-0.15, -0.1) is 0 Å². The quantitative estimate of drug-likeness (QED) is 0.797. The van der Waals surface area contributed by atoms with Crippen LogP contribution in [0.15, 0.2) is 54.1 Å². The van der Waals surface area contributed by atoms with Crippen molar-refractivity contribution in [2.45, 2.75) is 6.54 Å². The van der Waals surface area contributed by atoms with Crippen LogP contribution in [0.25, 0.3) is 5.70 Å². The standard InChI is InChI=1S/C21H22FN3O2/c1-25-12-17(19(23)13-25)20(16-8-3-4-9-18(16)22)24-11-14-6-5-7-15(10-14)21(26)27-2/h3-10,23-24H,11-13H2,1-2H3/b20-17-,23-19?. The van der Waals surface area contributed by atoms with Crippen LogP contribution in [0, 0.1) is 11.2 Å². The fourth-order valence-corrected chi connectivity index (χ4v) is 3.16. The first-order valence-electron chi connectivity index (χ1n) is 8.65. The number of carbonyl (C=O) groups excluding carboxylic acids is 1. The molecule has 1 heterocycles. The number of likely N-dealkylation sites (N-methyl/N-ethyl adjacent to an activating group) is 1. The Balaban J connectivity index is 1.92. The van der Waals surface area contributed by atoms with E-state index in [-0.39, 0.29) is 5.82 Å². The first-order valence-corrected chi connectivity index (χ1v) is 8.65. The monoisotopic (exact) mass is 367 g/mol. The minimum atomic E-state index is -0.399. The minimum Gasteiger partial charge on any atom is -0.465 e. The molecule has 27 heavy (non-hydrogen) atoms. The van der Waals surface area contributed by atoms with Crippen LogP contribution < -0.4 is 5.32 Å². The Morgan fingerprint density at radius 3 is 2.67 bits per heavy atom. The van der Waals surface area contributed by atoms with Gasteiger partial charge in [0, 0.05) is 30.8 Å². The molecule has 0 spiro atoms. The molecule has 1 saturated heterocycles. The number of methoxy groups -OCH3 is 1. The first-order chi connectivity index (χ1) is 13.0. The lowest BCUT2D eigenvalue weighted by Gasteiger charge is -2.16. The Hall–Kier alpha value is -2.99. The molecule has 140 valence electrons. The van der Waals surface area contributed by atoms with Crippen LogP contribution in [0.4, 0.5) is 4.39 Å². The van der Waals surface area contributed by atoms with Crippen molar-refractivity contribution in [3.8, 4) is 0 Å². The highest BCUT2D eigenvalue weighted by Gasteiger charge is 2.24. The lowest BCUT2D eigenvalue weighted by Crippen LogP contribution is -2.18. The minimum absolute atomic E-state index is 0.335. The molecule has 1 aliphatic heterocycles. The van der Waals surface area contributed by atoms with E-state index in [2.05, 4.69) is 5.32 Å². The summed E-state index contributed by atoms with van der Waals surface area (Å²) >= 11 is 0. The van der Waals surface area contributed by atoms with Crippen LogP contribution in [-0.4, -0.2) is 43.8 Å². The smallest absolute Gasteiger partial charge is 0.337 e. The van der Waals surface area contributed by atoms with Crippen molar-refractivity contribution in [3.05, 3.63) is 76.6 Å². The number of halogens is 1. The zero-order valence-electron chi connectivity index (χ0n) is 15.4. The summed E-state index contributed by atoms with van der Waals surface area (Å²) in [5.74, 6) is -0.734. The van der Waals surface area contributed by atoms with Crippen molar-refractivity contribution >= 4 is 17.4 Å². The molecule has 0 amide bonds. The molecule has 3 rings (SSSR count). The Kier molecular flexibility index (Phi) is 5.66. The normalized spacial score (nSPS) is 16.3. The largest absolute Gasteiger partial charge is 0.465 e. The van der Waals surface area contributed by atoms with E-state index in [9.17, 15) is 9.18 Å². The molecule has 0 radical (unpaired) electrons. The Bertz CT molecular complexity index is 908. The molecule has 6 heteroatoms. The molecule has 0 bridgehead atoms. The number of likely N-dealkylation sites (tertiary alicyclic amines) is 1. The topological polar surface area (TPSA) is 65.4 Å². The van der Waals surface area contributed by atoms with Crippen LogP contribution in [0.3, 0.4) is 0 Å². The summed E-state index contributed by atoms with van der Waals surface area (Å²) in [4.78, 5) is 13.7. The van der Waals surface area contributed by atoms with Crippen molar-refractivity contribution in [3.63, 3.8) is 0 Å². The maximum Gasteiger partial charge on any atom is 0.337 e. The fraction of sp³-hybridized carbons (Fsp3) is 0.238. The van der Waals surface area contributed by atoms with Crippen LogP contribution in [-0.2, 0) is 11.3 Å². The molecule has 5 nitrogen and oxygen atoms in total. The summed E-state index contributed by atoms with van der Waals surface area (Å²) in [5.41, 5.74) is 3.65. The highest BCUT2D eigenvalue weighted by Crippen LogP contribution is 2.24. The van der Waals surface area contributed by atoms with Crippen molar-refractivity contribution in [2.24, 2.45) is 0 Å². The number of nitrogens with one attached hydrogen (secondary N) is 2. The molecular weight excluding hydrogens is 345 g/mol. The molecule has 2 aromatic carbocycles. The van der Waals surface area contributed by atoms with Gasteiger partial charge in [0.25, 0.3) is 0 Å². The Labute approximate surface area is 158 Å². The molecule has 1 fully saturated rings. The van der Waals surface area contributed by atoms with Crippen molar-refractivity contribution < 1.29 is 13.9 Å². The predicted molar refractivity (Wildman–Crippen MR) is 103 cm³/mol. The summed E-state index contributed by atoms with van der Waals surface area (Å²) in [5, 5.41) is 11.6. The zero-order chi connectivity index (χ0) is 19.4. The van der Waals surface area contributed by atoms with Crippen molar-refractivity contribution in [1.29, 1.82) is 5.41 Å². The van der Waals surface area contributed by atoms with Gasteiger partial charge >= 0.3 is 5.97 Å². The van der Waals surface area contributed by atoms with Gasteiger partial charge in [-0.05, 0) is 36.9 Å². The maximum absolute atomic E-state index is 14.4. The zero-order valence-corrected chi connectivity index (χ0v) is 15.4. The summed E-state index contributed by atoms with van der Waals surface area (Å²) < 4.78 is 19.2. The fourth-order valence-electron chi connectivity index (χ4n) is 3.16. The van der Waals surface area contributed by atoms with Gasteiger partial charge in [-0.1, -0.05) is 24.3 Å². The summed E-state index contributed by atoms with van der Waals surface area (Å²) in [6, 6.07) is 13.6. The van der Waals surface area contributed by atoms with Crippen molar-refractivity contribution in [1.82, 2.24) is 10.2 Å². The molecule has 0 aromatic heterocycles. The van der Waals surface area contributed by atoms with Gasteiger partial charge in [-0.2, -0.15) is 0 Å². The number of rotatable bonds is 5. The van der Waals surface area contributed by atoms with Gasteiger partial charge in [-0.25, -0.2) is 9.18 Å². The van der Waals surface area contributed by atoms with E-state index in [4.69, 9.17) is 10.1 Å². The van der Waals surface area contributed by atoms with Crippen LogP contribution in [0.2, 0.25) is 0 Å². The van der Waals surface area contributed by atoms with E-state index in [0.29, 0.717) is 42.2 Å². The van der Waals surface area contributed by atoms with E-state index in [1.54, 1.807) is 36.4 Å². The van der Waals surface area contributed by atoms with Gasteiger partial charge < -0.3 is 15.5 Å². The number of nitrogens with zero attached hydrogens (tertiary/aromatic N) is 1. The van der Waals surface area contributed by atoms with Crippen LogP contribution in [0.1, 0.15) is 21.5 Å². The average molecular weight is 367 g/mol. The van der Waals surface area contributed by atoms with Crippen LogP contribution >= 0.6 is 0 Å². The highest BCUT2D eigenvalue weighted by molar-refractivity contribution is 6.07. The number of carbonyl (C=O) groups is 1. The molecule has 2 N–H and O–H groups in total. The van der Waals surface area contributed by atoms with Crippen LogP contribution in [0.5, 0.6) is 0 Å². The summed E-state index contributed by atoms with van der Waals surface area (Å²) in [6.45, 7) is 1.51. The van der Waals surface area contributed by atoms with Gasteiger partial charge in [-0.3, -0.25) is 4.90 Å². The van der Waals surface area contributed by atoms with Gasteiger partial charge in [0.2, 0.25) is 0 Å². The van der Waals surface area contributed by atoms with E-state index in [0.717, 1.165) is 11.1 Å². The van der Waals surface area contributed by atoms with E-state index < -0.39 is 5.97 Å². The molecule has 0 unspecified atom stereocenters. The Morgan fingerprint density at radius 1 is 1.22 bits per heavy atom. The summed E-state index contributed by atoms with van der Waals surface area (Å²) in [7, 11) is 3.27. The molecule has 1 aliphatic rings. The van der Waals surface area contributed by atoms with E-state index >= 15 is 0 Å². The highest BCUT2D eigenvalue weighted by atomic mass is 19.1. The lowest BCUT2D eigenvalue weighted by atomic mass is 10.0. The second-order valence-electron chi connectivity index (χ2n) is 6.53. The third kappa shape index (κ3) is 4.23.